The monoisotopic (exact) mass is 381 g/mol. The van der Waals surface area contributed by atoms with Gasteiger partial charge in [0.05, 0.1) is 6.21 Å². The number of carbonyl (C=O) groups excluding carboxylic acids is 2. The molecule has 2 aromatic rings. The minimum Gasteiger partial charge on any atom is -0.454 e. The van der Waals surface area contributed by atoms with Crippen LogP contribution >= 0.6 is 0 Å². The van der Waals surface area contributed by atoms with E-state index in [4.69, 9.17) is 9.47 Å². The van der Waals surface area contributed by atoms with Gasteiger partial charge >= 0.3 is 0 Å². The Morgan fingerprint density at radius 3 is 2.64 bits per heavy atom. The highest BCUT2D eigenvalue weighted by Gasteiger charge is 2.26. The molecule has 2 unspecified atom stereocenters. The van der Waals surface area contributed by atoms with Crippen molar-refractivity contribution in [3.63, 3.8) is 0 Å². The predicted molar refractivity (Wildman–Crippen MR) is 105 cm³/mol. The molecule has 2 atom stereocenters. The van der Waals surface area contributed by atoms with Gasteiger partial charge in [-0.05, 0) is 41.8 Å². The number of rotatable bonds is 7. The van der Waals surface area contributed by atoms with E-state index < -0.39 is 6.04 Å². The Kier molecular flexibility index (Phi) is 6.26. The Labute approximate surface area is 163 Å². The molecule has 2 N–H and O–H groups in total. The van der Waals surface area contributed by atoms with Gasteiger partial charge in [0.25, 0.3) is 11.8 Å². The van der Waals surface area contributed by atoms with Crippen LogP contribution in [0.15, 0.2) is 53.6 Å². The maximum atomic E-state index is 12.6. The summed E-state index contributed by atoms with van der Waals surface area (Å²) in [4.78, 5) is 25.0. The molecule has 28 heavy (non-hydrogen) atoms. The first-order chi connectivity index (χ1) is 13.6. The van der Waals surface area contributed by atoms with Gasteiger partial charge in [0.2, 0.25) is 6.79 Å². The van der Waals surface area contributed by atoms with Crippen molar-refractivity contribution >= 4 is 18.0 Å². The molecule has 1 aliphatic rings. The van der Waals surface area contributed by atoms with Gasteiger partial charge in [0.15, 0.2) is 11.5 Å². The highest BCUT2D eigenvalue weighted by molar-refractivity contribution is 5.97. The lowest BCUT2D eigenvalue weighted by atomic mass is 9.98. The van der Waals surface area contributed by atoms with Gasteiger partial charge in [-0.25, -0.2) is 5.43 Å². The van der Waals surface area contributed by atoms with Crippen LogP contribution in [-0.2, 0) is 4.79 Å². The normalized spacial score (nSPS) is 14.5. The molecule has 0 fully saturated rings. The van der Waals surface area contributed by atoms with Crippen LogP contribution in [0.4, 0.5) is 0 Å². The lowest BCUT2D eigenvalue weighted by Gasteiger charge is -2.22. The molecule has 2 aromatic carbocycles. The number of hydrogen-bond donors (Lipinski definition) is 2. The largest absolute Gasteiger partial charge is 0.454 e. The van der Waals surface area contributed by atoms with E-state index in [1.54, 1.807) is 36.4 Å². The summed E-state index contributed by atoms with van der Waals surface area (Å²) in [5.74, 6) is 0.620. The molecule has 0 saturated heterocycles. The van der Waals surface area contributed by atoms with Gasteiger partial charge in [-0.2, -0.15) is 5.10 Å². The van der Waals surface area contributed by atoms with E-state index in [1.807, 2.05) is 26.0 Å². The average Bonchev–Trinajstić information content (AvgIpc) is 3.19. The van der Waals surface area contributed by atoms with E-state index in [0.29, 0.717) is 17.1 Å². The Balaban J connectivity index is 1.63. The summed E-state index contributed by atoms with van der Waals surface area (Å²) in [6.45, 7) is 4.08. The number of hydrogen-bond acceptors (Lipinski definition) is 5. The molecule has 2 amide bonds. The van der Waals surface area contributed by atoms with Gasteiger partial charge < -0.3 is 14.8 Å². The van der Waals surface area contributed by atoms with E-state index in [2.05, 4.69) is 15.8 Å². The summed E-state index contributed by atoms with van der Waals surface area (Å²) in [6, 6.07) is 13.5. The Morgan fingerprint density at radius 1 is 1.14 bits per heavy atom. The first-order valence-corrected chi connectivity index (χ1v) is 9.17. The van der Waals surface area contributed by atoms with Gasteiger partial charge in [0.1, 0.15) is 6.04 Å². The maximum Gasteiger partial charge on any atom is 0.262 e. The van der Waals surface area contributed by atoms with E-state index >= 15 is 0 Å². The van der Waals surface area contributed by atoms with Crippen LogP contribution < -0.4 is 20.2 Å². The van der Waals surface area contributed by atoms with E-state index in [0.717, 1.165) is 12.0 Å². The molecular weight excluding hydrogens is 358 g/mol. The summed E-state index contributed by atoms with van der Waals surface area (Å²) in [5, 5.41) is 6.82. The fourth-order valence-corrected chi connectivity index (χ4v) is 2.75. The van der Waals surface area contributed by atoms with Gasteiger partial charge in [-0.15, -0.1) is 0 Å². The minimum absolute atomic E-state index is 0.0478. The SMILES string of the molecule is CCC(C)C(NC(=O)c1ccccc1)C(=O)N/N=C\c1ccc2c(c1)OCO2. The van der Waals surface area contributed by atoms with Gasteiger partial charge in [-0.1, -0.05) is 38.5 Å². The van der Waals surface area contributed by atoms with Crippen LogP contribution in [-0.4, -0.2) is 30.9 Å². The van der Waals surface area contributed by atoms with Crippen molar-refractivity contribution in [1.82, 2.24) is 10.7 Å². The second-order valence-corrected chi connectivity index (χ2v) is 6.55. The highest BCUT2D eigenvalue weighted by atomic mass is 16.7. The quantitative estimate of drug-likeness (QED) is 0.570. The maximum absolute atomic E-state index is 12.6. The Bertz CT molecular complexity index is 867. The molecule has 3 rings (SSSR count). The summed E-state index contributed by atoms with van der Waals surface area (Å²) in [5.41, 5.74) is 3.78. The van der Waals surface area contributed by atoms with Crippen LogP contribution in [0.2, 0.25) is 0 Å². The average molecular weight is 381 g/mol. The third-order valence-corrected chi connectivity index (χ3v) is 4.60. The Morgan fingerprint density at radius 2 is 1.89 bits per heavy atom. The molecule has 146 valence electrons. The van der Waals surface area contributed by atoms with Crippen LogP contribution in [0.3, 0.4) is 0 Å². The molecule has 7 nitrogen and oxygen atoms in total. The van der Waals surface area contributed by atoms with Gasteiger partial charge in [-0.3, -0.25) is 9.59 Å². The van der Waals surface area contributed by atoms with Crippen molar-refractivity contribution in [2.45, 2.75) is 26.3 Å². The third-order valence-electron chi connectivity index (χ3n) is 4.60. The minimum atomic E-state index is -0.688. The molecule has 7 heteroatoms. The van der Waals surface area contributed by atoms with Crippen LogP contribution in [0.1, 0.15) is 36.2 Å². The van der Waals surface area contributed by atoms with Crippen molar-refractivity contribution in [3.8, 4) is 11.5 Å². The molecule has 0 aromatic heterocycles. The fraction of sp³-hybridized carbons (Fsp3) is 0.286. The number of nitrogens with zero attached hydrogens (tertiary/aromatic N) is 1. The molecule has 1 heterocycles. The lowest BCUT2D eigenvalue weighted by molar-refractivity contribution is -0.124. The van der Waals surface area contributed by atoms with Crippen LogP contribution in [0, 0.1) is 5.92 Å². The predicted octanol–water partition coefficient (Wildman–Crippen LogP) is 2.71. The standard InChI is InChI=1S/C21H23N3O4/c1-3-14(2)19(23-20(25)16-7-5-4-6-8-16)21(26)24-22-12-15-9-10-17-18(11-15)28-13-27-17/h4-12,14,19H,3,13H2,1-2H3,(H,23,25)(H,24,26)/b22-12-. The number of benzene rings is 2. The topological polar surface area (TPSA) is 89.0 Å². The van der Waals surface area contributed by atoms with E-state index in [-0.39, 0.29) is 24.5 Å². The smallest absolute Gasteiger partial charge is 0.262 e. The number of fused-ring (bicyclic) bond motifs is 1. The molecule has 0 radical (unpaired) electrons. The van der Waals surface area contributed by atoms with Crippen molar-refractivity contribution in [2.24, 2.45) is 11.0 Å². The first-order valence-electron chi connectivity index (χ1n) is 9.17. The fourth-order valence-electron chi connectivity index (χ4n) is 2.75. The highest BCUT2D eigenvalue weighted by Crippen LogP contribution is 2.31. The number of hydrazone groups is 1. The van der Waals surface area contributed by atoms with Crippen molar-refractivity contribution in [3.05, 3.63) is 59.7 Å². The summed E-state index contributed by atoms with van der Waals surface area (Å²) in [7, 11) is 0. The van der Waals surface area contributed by atoms with Crippen molar-refractivity contribution in [2.75, 3.05) is 6.79 Å². The number of amides is 2. The first kappa shape index (κ1) is 19.4. The Hall–Kier alpha value is -3.35. The van der Waals surface area contributed by atoms with Crippen LogP contribution in [0.5, 0.6) is 11.5 Å². The van der Waals surface area contributed by atoms with Crippen molar-refractivity contribution < 1.29 is 19.1 Å². The molecule has 1 aliphatic heterocycles. The van der Waals surface area contributed by atoms with Gasteiger partial charge in [0, 0.05) is 5.56 Å². The molecule has 0 saturated carbocycles. The molecule has 0 bridgehead atoms. The molecular formula is C21H23N3O4. The third kappa shape index (κ3) is 4.68. The van der Waals surface area contributed by atoms with E-state index in [9.17, 15) is 9.59 Å². The summed E-state index contributed by atoms with van der Waals surface area (Å²) < 4.78 is 10.6. The molecule has 0 aliphatic carbocycles. The molecule has 0 spiro atoms. The lowest BCUT2D eigenvalue weighted by Crippen LogP contribution is -2.49. The zero-order chi connectivity index (χ0) is 19.9. The second-order valence-electron chi connectivity index (χ2n) is 6.55. The number of nitrogens with one attached hydrogen (secondary N) is 2. The number of ether oxygens (including phenoxy) is 2. The zero-order valence-corrected chi connectivity index (χ0v) is 15.8. The van der Waals surface area contributed by atoms with Crippen molar-refractivity contribution in [1.29, 1.82) is 0 Å². The second kappa shape index (κ2) is 9.03. The van der Waals surface area contributed by atoms with E-state index in [1.165, 1.54) is 6.21 Å². The summed E-state index contributed by atoms with van der Waals surface area (Å²) >= 11 is 0. The summed E-state index contributed by atoms with van der Waals surface area (Å²) in [6.07, 6.45) is 2.26. The number of carbonyl (C=O) groups is 2. The van der Waals surface area contributed by atoms with Crippen LogP contribution in [0.25, 0.3) is 0 Å². The zero-order valence-electron chi connectivity index (χ0n) is 15.8.